The summed E-state index contributed by atoms with van der Waals surface area (Å²) in [4.78, 5) is 38.8. The first-order valence-electron chi connectivity index (χ1n) is 10.1. The summed E-state index contributed by atoms with van der Waals surface area (Å²) < 4.78 is 19.2. The average Bonchev–Trinajstić information content (AvgIpc) is 2.73. The lowest BCUT2D eigenvalue weighted by molar-refractivity contribution is -0.143. The van der Waals surface area contributed by atoms with E-state index >= 15 is 0 Å². The number of rotatable bonds is 5. The number of carbonyl (C=O) groups excluding carboxylic acids is 3. The fourth-order valence-electron chi connectivity index (χ4n) is 3.27. The number of hydrogen-bond acceptors (Lipinski definition) is 4. The molecule has 0 aromatic heterocycles. The van der Waals surface area contributed by atoms with Gasteiger partial charge in [-0.2, -0.15) is 0 Å². The van der Waals surface area contributed by atoms with Crippen LogP contribution in [0.5, 0.6) is 0 Å². The minimum absolute atomic E-state index is 0.0426. The molecule has 0 spiro atoms. The summed E-state index contributed by atoms with van der Waals surface area (Å²) in [6.07, 6.45) is -0.332. The van der Waals surface area contributed by atoms with Crippen LogP contribution in [0.3, 0.4) is 0 Å². The van der Waals surface area contributed by atoms with E-state index < -0.39 is 23.9 Å². The van der Waals surface area contributed by atoms with E-state index in [9.17, 15) is 18.8 Å². The maximum atomic E-state index is 13.8. The summed E-state index contributed by atoms with van der Waals surface area (Å²) in [5.41, 5.74) is 1.79. The quantitative estimate of drug-likeness (QED) is 0.601. The lowest BCUT2D eigenvalue weighted by atomic mass is 9.94. The van der Waals surface area contributed by atoms with Crippen LogP contribution in [0.25, 0.3) is 0 Å². The summed E-state index contributed by atoms with van der Waals surface area (Å²) >= 11 is 0. The summed E-state index contributed by atoms with van der Waals surface area (Å²) in [7, 11) is 1.56. The van der Waals surface area contributed by atoms with Crippen LogP contribution in [0.2, 0.25) is 0 Å². The van der Waals surface area contributed by atoms with E-state index in [-0.39, 0.29) is 17.8 Å². The van der Waals surface area contributed by atoms with Gasteiger partial charge in [-0.15, -0.1) is 0 Å². The number of para-hydroxylation sites is 1. The van der Waals surface area contributed by atoms with E-state index in [1.165, 1.54) is 23.1 Å². The topological polar surface area (TPSA) is 99.8 Å². The van der Waals surface area contributed by atoms with Crippen molar-refractivity contribution in [3.05, 3.63) is 71.2 Å². The van der Waals surface area contributed by atoms with E-state index in [0.717, 1.165) is 0 Å². The molecule has 8 nitrogen and oxygen atoms in total. The zero-order chi connectivity index (χ0) is 23.4. The molecular formula is C23H25FN4O4. The number of urea groups is 2. The van der Waals surface area contributed by atoms with Gasteiger partial charge in [0.05, 0.1) is 23.4 Å². The first-order valence-corrected chi connectivity index (χ1v) is 10.1. The molecule has 3 rings (SSSR count). The first-order chi connectivity index (χ1) is 15.2. The van der Waals surface area contributed by atoms with Gasteiger partial charge in [-0.25, -0.2) is 18.8 Å². The molecule has 32 heavy (non-hydrogen) atoms. The number of nitrogens with zero attached hydrogens (tertiary/aromatic N) is 1. The van der Waals surface area contributed by atoms with Gasteiger partial charge >= 0.3 is 18.0 Å². The summed E-state index contributed by atoms with van der Waals surface area (Å²) in [6, 6.07) is 10.7. The molecule has 0 fully saturated rings. The molecule has 9 heteroatoms. The summed E-state index contributed by atoms with van der Waals surface area (Å²) in [5.74, 6) is -1.09. The van der Waals surface area contributed by atoms with Crippen LogP contribution in [0.4, 0.5) is 25.4 Å². The van der Waals surface area contributed by atoms with Crippen molar-refractivity contribution in [1.82, 2.24) is 10.2 Å². The van der Waals surface area contributed by atoms with Crippen LogP contribution >= 0.6 is 0 Å². The van der Waals surface area contributed by atoms with Gasteiger partial charge < -0.3 is 25.6 Å². The Morgan fingerprint density at radius 2 is 1.84 bits per heavy atom. The Balaban J connectivity index is 1.86. The molecule has 4 amide bonds. The number of benzene rings is 2. The molecule has 3 N–H and O–H groups in total. The molecular weight excluding hydrogens is 415 g/mol. The second kappa shape index (κ2) is 9.51. The number of carbonyl (C=O) groups is 3. The molecule has 0 aliphatic carbocycles. The van der Waals surface area contributed by atoms with Crippen molar-refractivity contribution in [2.24, 2.45) is 0 Å². The second-order valence-corrected chi connectivity index (χ2v) is 7.58. The smallest absolute Gasteiger partial charge is 0.338 e. The van der Waals surface area contributed by atoms with Crippen molar-refractivity contribution >= 4 is 29.4 Å². The SMILES string of the molecule is CC1=C(C(=O)OC(C)C)C(c2cccc(NC(=O)Nc3ccccc3F)c2)NC(=O)N1C. The van der Waals surface area contributed by atoms with E-state index in [0.29, 0.717) is 22.5 Å². The van der Waals surface area contributed by atoms with Gasteiger partial charge in [-0.05, 0) is 50.6 Å². The number of allylic oxidation sites excluding steroid dienone is 1. The summed E-state index contributed by atoms with van der Waals surface area (Å²) in [5, 5.41) is 7.87. The Morgan fingerprint density at radius 3 is 2.53 bits per heavy atom. The maximum absolute atomic E-state index is 13.8. The number of nitrogens with one attached hydrogen (secondary N) is 3. The highest BCUT2D eigenvalue weighted by molar-refractivity contribution is 6.00. The molecule has 2 aromatic carbocycles. The lowest BCUT2D eigenvalue weighted by Gasteiger charge is -2.33. The van der Waals surface area contributed by atoms with Gasteiger partial charge in [0.1, 0.15) is 5.82 Å². The minimum atomic E-state index is -0.763. The van der Waals surface area contributed by atoms with Crippen molar-refractivity contribution in [2.45, 2.75) is 32.9 Å². The largest absolute Gasteiger partial charge is 0.459 e. The molecule has 168 valence electrons. The molecule has 1 unspecified atom stereocenters. The van der Waals surface area contributed by atoms with Crippen LogP contribution < -0.4 is 16.0 Å². The third kappa shape index (κ3) is 5.05. The van der Waals surface area contributed by atoms with Gasteiger partial charge in [0.15, 0.2) is 0 Å². The fraction of sp³-hybridized carbons (Fsp3) is 0.261. The normalized spacial score (nSPS) is 16.0. The molecule has 1 aliphatic rings. The van der Waals surface area contributed by atoms with Gasteiger partial charge in [0.25, 0.3) is 0 Å². The Bertz CT molecular complexity index is 1080. The van der Waals surface area contributed by atoms with Crippen molar-refractivity contribution in [2.75, 3.05) is 17.7 Å². The van der Waals surface area contributed by atoms with Crippen LogP contribution in [0, 0.1) is 5.82 Å². The van der Waals surface area contributed by atoms with E-state index in [2.05, 4.69) is 16.0 Å². The molecule has 0 bridgehead atoms. The molecule has 1 atom stereocenters. The first kappa shape index (κ1) is 22.8. The second-order valence-electron chi connectivity index (χ2n) is 7.58. The van der Waals surface area contributed by atoms with Crippen LogP contribution in [-0.2, 0) is 9.53 Å². The Kier molecular flexibility index (Phi) is 6.77. The van der Waals surface area contributed by atoms with Crippen molar-refractivity contribution in [3.8, 4) is 0 Å². The van der Waals surface area contributed by atoms with Crippen molar-refractivity contribution < 1.29 is 23.5 Å². The Labute approximate surface area is 185 Å². The number of amides is 4. The highest BCUT2D eigenvalue weighted by Crippen LogP contribution is 2.32. The lowest BCUT2D eigenvalue weighted by Crippen LogP contribution is -2.46. The molecule has 0 saturated heterocycles. The predicted octanol–water partition coefficient (Wildman–Crippen LogP) is 4.39. The zero-order valence-corrected chi connectivity index (χ0v) is 18.2. The van der Waals surface area contributed by atoms with Crippen molar-refractivity contribution in [1.29, 1.82) is 0 Å². The van der Waals surface area contributed by atoms with Gasteiger partial charge in [-0.1, -0.05) is 24.3 Å². The standard InChI is InChI=1S/C23H25FN4O4/c1-13(2)32-21(29)19-14(3)28(4)23(31)27-20(19)15-8-7-9-16(12-15)25-22(30)26-18-11-6-5-10-17(18)24/h5-13,20H,1-4H3,(H,27,31)(H2,25,26,30). The molecule has 1 aliphatic heterocycles. The molecule has 0 saturated carbocycles. The highest BCUT2D eigenvalue weighted by atomic mass is 19.1. The van der Waals surface area contributed by atoms with Crippen LogP contribution in [0.1, 0.15) is 32.4 Å². The Hall–Kier alpha value is -3.88. The number of halogens is 1. The molecule has 1 heterocycles. The predicted molar refractivity (Wildman–Crippen MR) is 118 cm³/mol. The maximum Gasteiger partial charge on any atom is 0.338 e. The third-order valence-electron chi connectivity index (χ3n) is 4.92. The third-order valence-corrected chi connectivity index (χ3v) is 4.92. The number of esters is 1. The molecule has 2 aromatic rings. The van der Waals surface area contributed by atoms with E-state index in [1.807, 2.05) is 0 Å². The summed E-state index contributed by atoms with van der Waals surface area (Å²) in [6.45, 7) is 5.16. The number of hydrogen-bond donors (Lipinski definition) is 3. The number of ether oxygens (including phenoxy) is 1. The average molecular weight is 440 g/mol. The van der Waals surface area contributed by atoms with E-state index in [4.69, 9.17) is 4.74 Å². The fourth-order valence-corrected chi connectivity index (χ4v) is 3.27. The number of anilines is 2. The monoisotopic (exact) mass is 440 g/mol. The minimum Gasteiger partial charge on any atom is -0.459 e. The van der Waals surface area contributed by atoms with Crippen molar-refractivity contribution in [3.63, 3.8) is 0 Å². The van der Waals surface area contributed by atoms with Gasteiger partial charge in [-0.3, -0.25) is 0 Å². The van der Waals surface area contributed by atoms with Crippen LogP contribution in [-0.4, -0.2) is 36.1 Å². The highest BCUT2D eigenvalue weighted by Gasteiger charge is 2.35. The van der Waals surface area contributed by atoms with Gasteiger partial charge in [0.2, 0.25) is 0 Å². The van der Waals surface area contributed by atoms with Gasteiger partial charge in [0, 0.05) is 18.4 Å². The molecule has 0 radical (unpaired) electrons. The van der Waals surface area contributed by atoms with E-state index in [1.54, 1.807) is 58.2 Å². The Morgan fingerprint density at radius 1 is 1.12 bits per heavy atom. The van der Waals surface area contributed by atoms with Crippen LogP contribution in [0.15, 0.2) is 59.8 Å². The zero-order valence-electron chi connectivity index (χ0n) is 18.2.